The first-order chi connectivity index (χ1) is 8.16. The van der Waals surface area contributed by atoms with E-state index < -0.39 is 5.41 Å². The lowest BCUT2D eigenvalue weighted by atomic mass is 9.80. The van der Waals surface area contributed by atoms with Gasteiger partial charge >= 0.3 is 5.97 Å². The van der Waals surface area contributed by atoms with E-state index in [0.717, 1.165) is 38.5 Å². The van der Waals surface area contributed by atoms with Gasteiger partial charge in [-0.15, -0.1) is 0 Å². The number of hydrogen-bond donors (Lipinski definition) is 0. The molecule has 0 N–H and O–H groups in total. The van der Waals surface area contributed by atoms with Crippen molar-refractivity contribution in [2.24, 2.45) is 5.41 Å². The molecule has 3 nitrogen and oxygen atoms in total. The zero-order valence-corrected chi connectivity index (χ0v) is 12.2. The Bertz CT molecular complexity index is 221. The second-order valence-corrected chi connectivity index (χ2v) is 5.07. The van der Waals surface area contributed by atoms with Crippen LogP contribution in [0.25, 0.3) is 0 Å². The van der Waals surface area contributed by atoms with Crippen LogP contribution >= 0.6 is 8.46 Å². The highest BCUT2D eigenvalue weighted by atomic mass is 31.1. The Balaban J connectivity index is 4.78. The van der Waals surface area contributed by atoms with Gasteiger partial charge in [0.05, 0.1) is 12.0 Å². The van der Waals surface area contributed by atoms with Crippen LogP contribution in [0, 0.1) is 5.41 Å². The monoisotopic (exact) mass is 260 g/mol. The lowest BCUT2D eigenvalue weighted by Gasteiger charge is -2.29. The third kappa shape index (κ3) is 5.63. The standard InChI is InChI=1S/C13H25O3P/c1-4-7-9-13(11-17-15,10-8-5-2)12(14)16-6-3/h4-11H2,1-3H3. The van der Waals surface area contributed by atoms with E-state index in [9.17, 15) is 9.36 Å². The maximum atomic E-state index is 12.1. The molecular weight excluding hydrogens is 235 g/mol. The minimum Gasteiger partial charge on any atom is -0.466 e. The minimum absolute atomic E-state index is 0.0454. The number of hydrogen-bond acceptors (Lipinski definition) is 3. The van der Waals surface area contributed by atoms with Gasteiger partial charge in [-0.1, -0.05) is 39.5 Å². The summed E-state index contributed by atoms with van der Waals surface area (Å²) >= 11 is 0. The van der Waals surface area contributed by atoms with Crippen LogP contribution in [0.1, 0.15) is 59.3 Å². The molecule has 0 aliphatic heterocycles. The van der Waals surface area contributed by atoms with E-state index in [-0.39, 0.29) is 14.4 Å². The molecule has 0 aromatic carbocycles. The molecule has 0 saturated carbocycles. The van der Waals surface area contributed by atoms with Crippen LogP contribution in [0.15, 0.2) is 0 Å². The number of carbonyl (C=O) groups is 1. The van der Waals surface area contributed by atoms with Crippen molar-refractivity contribution in [1.82, 2.24) is 0 Å². The molecule has 0 amide bonds. The SMILES string of the molecule is CCCCC(CCCC)(CP=O)C(=O)OCC. The molecule has 0 aromatic rings. The topological polar surface area (TPSA) is 43.4 Å². The summed E-state index contributed by atoms with van der Waals surface area (Å²) in [6, 6.07) is 0. The van der Waals surface area contributed by atoms with E-state index in [1.807, 2.05) is 6.92 Å². The van der Waals surface area contributed by atoms with Crippen molar-refractivity contribution in [3.8, 4) is 0 Å². The van der Waals surface area contributed by atoms with Crippen LogP contribution in [-0.2, 0) is 14.1 Å². The molecule has 0 saturated heterocycles. The average Bonchev–Trinajstić information content (AvgIpc) is 2.33. The van der Waals surface area contributed by atoms with Crippen LogP contribution in [-0.4, -0.2) is 18.7 Å². The highest BCUT2D eigenvalue weighted by molar-refractivity contribution is 7.23. The molecule has 0 aliphatic carbocycles. The highest BCUT2D eigenvalue weighted by Crippen LogP contribution is 2.35. The van der Waals surface area contributed by atoms with E-state index in [0.29, 0.717) is 12.8 Å². The predicted molar refractivity (Wildman–Crippen MR) is 70.6 cm³/mol. The number of ether oxygens (including phenoxy) is 1. The molecule has 0 spiro atoms. The molecule has 4 heteroatoms. The molecule has 0 bridgehead atoms. The Morgan fingerprint density at radius 3 is 2.00 bits per heavy atom. The summed E-state index contributed by atoms with van der Waals surface area (Å²) in [5.41, 5.74) is -0.522. The van der Waals surface area contributed by atoms with Crippen LogP contribution in [0.2, 0.25) is 0 Å². The van der Waals surface area contributed by atoms with Crippen molar-refractivity contribution in [3.05, 3.63) is 0 Å². The fourth-order valence-electron chi connectivity index (χ4n) is 1.99. The lowest BCUT2D eigenvalue weighted by molar-refractivity contribution is -0.155. The Kier molecular flexibility index (Phi) is 9.34. The lowest BCUT2D eigenvalue weighted by Crippen LogP contribution is -2.35. The van der Waals surface area contributed by atoms with Crippen molar-refractivity contribution < 1.29 is 14.1 Å². The molecule has 0 unspecified atom stereocenters. The van der Waals surface area contributed by atoms with Crippen LogP contribution in [0.5, 0.6) is 0 Å². The first-order valence-corrected chi connectivity index (χ1v) is 7.63. The number of esters is 1. The molecular formula is C13H25O3P. The summed E-state index contributed by atoms with van der Waals surface area (Å²) in [7, 11) is 0.0454. The maximum Gasteiger partial charge on any atom is 0.312 e. The van der Waals surface area contributed by atoms with E-state index in [1.54, 1.807) is 0 Å². The molecule has 0 radical (unpaired) electrons. The quantitative estimate of drug-likeness (QED) is 0.436. The van der Waals surface area contributed by atoms with Gasteiger partial charge in [0.25, 0.3) is 0 Å². The van der Waals surface area contributed by atoms with Crippen molar-refractivity contribution in [2.75, 3.05) is 12.8 Å². The summed E-state index contributed by atoms with van der Waals surface area (Å²) in [5, 5.41) is 0. The fraction of sp³-hybridized carbons (Fsp3) is 0.923. The average molecular weight is 260 g/mol. The second kappa shape index (κ2) is 9.58. The van der Waals surface area contributed by atoms with Gasteiger partial charge < -0.3 is 4.74 Å². The second-order valence-electron chi connectivity index (χ2n) is 4.50. The van der Waals surface area contributed by atoms with Gasteiger partial charge in [-0.25, -0.2) is 0 Å². The minimum atomic E-state index is -0.522. The van der Waals surface area contributed by atoms with Crippen molar-refractivity contribution in [3.63, 3.8) is 0 Å². The smallest absolute Gasteiger partial charge is 0.312 e. The van der Waals surface area contributed by atoms with Crippen LogP contribution < -0.4 is 0 Å². The maximum absolute atomic E-state index is 12.1. The molecule has 0 heterocycles. The molecule has 100 valence electrons. The molecule has 0 aliphatic rings. The van der Waals surface area contributed by atoms with Crippen LogP contribution in [0.3, 0.4) is 0 Å². The van der Waals surface area contributed by atoms with Crippen LogP contribution in [0.4, 0.5) is 0 Å². The summed E-state index contributed by atoms with van der Waals surface area (Å²) in [5.74, 6) is -0.162. The summed E-state index contributed by atoms with van der Waals surface area (Å²) in [4.78, 5) is 12.1. The highest BCUT2D eigenvalue weighted by Gasteiger charge is 2.38. The van der Waals surface area contributed by atoms with Crippen molar-refractivity contribution in [1.29, 1.82) is 0 Å². The van der Waals surface area contributed by atoms with Gasteiger partial charge in [-0.3, -0.25) is 9.36 Å². The van der Waals surface area contributed by atoms with Crippen molar-refractivity contribution >= 4 is 14.4 Å². The molecule has 0 atom stereocenters. The summed E-state index contributed by atoms with van der Waals surface area (Å²) < 4.78 is 16.1. The van der Waals surface area contributed by atoms with Gasteiger partial charge in [0.15, 0.2) is 8.46 Å². The largest absolute Gasteiger partial charge is 0.466 e. The molecule has 0 rings (SSSR count). The van der Waals surface area contributed by atoms with E-state index in [1.165, 1.54) is 0 Å². The molecule has 0 fully saturated rings. The third-order valence-electron chi connectivity index (χ3n) is 3.09. The number of carbonyl (C=O) groups excluding carboxylic acids is 1. The van der Waals surface area contributed by atoms with Gasteiger partial charge in [0.2, 0.25) is 0 Å². The Morgan fingerprint density at radius 1 is 1.12 bits per heavy atom. The number of rotatable bonds is 10. The Morgan fingerprint density at radius 2 is 1.65 bits per heavy atom. The van der Waals surface area contributed by atoms with E-state index >= 15 is 0 Å². The molecule has 17 heavy (non-hydrogen) atoms. The summed E-state index contributed by atoms with van der Waals surface area (Å²) in [6.07, 6.45) is 6.03. The fourth-order valence-corrected chi connectivity index (χ4v) is 2.68. The van der Waals surface area contributed by atoms with Gasteiger partial charge in [0, 0.05) is 6.16 Å². The van der Waals surface area contributed by atoms with Crippen molar-refractivity contribution in [2.45, 2.75) is 59.3 Å². The zero-order chi connectivity index (χ0) is 13.1. The Labute approximate surface area is 107 Å². The predicted octanol–water partition coefficient (Wildman–Crippen LogP) is 4.21. The normalized spacial score (nSPS) is 11.7. The van der Waals surface area contributed by atoms with E-state index in [4.69, 9.17) is 4.74 Å². The number of unbranched alkanes of at least 4 members (excludes halogenated alkanes) is 2. The van der Waals surface area contributed by atoms with Gasteiger partial charge in [-0.2, -0.15) is 0 Å². The van der Waals surface area contributed by atoms with E-state index in [2.05, 4.69) is 13.8 Å². The van der Waals surface area contributed by atoms with Gasteiger partial charge in [0.1, 0.15) is 0 Å². The first-order valence-electron chi connectivity index (χ1n) is 6.63. The molecule has 0 aromatic heterocycles. The summed E-state index contributed by atoms with van der Waals surface area (Å²) in [6.45, 7) is 6.42. The third-order valence-corrected chi connectivity index (χ3v) is 3.83. The van der Waals surface area contributed by atoms with Gasteiger partial charge in [-0.05, 0) is 19.8 Å². The first kappa shape index (κ1) is 16.6. The Hall–Kier alpha value is -0.430. The zero-order valence-electron chi connectivity index (χ0n) is 11.3.